The van der Waals surface area contributed by atoms with E-state index in [0.717, 1.165) is 17.0 Å². The first kappa shape index (κ1) is 18.8. The van der Waals surface area contributed by atoms with Crippen LogP contribution in [0.1, 0.15) is 17.5 Å². The third-order valence-corrected chi connectivity index (χ3v) is 5.50. The number of carbonyl (C=O) groups is 1. The van der Waals surface area contributed by atoms with E-state index in [1.165, 1.54) is 28.1 Å². The summed E-state index contributed by atoms with van der Waals surface area (Å²) in [5, 5.41) is 12.1. The normalized spacial score (nSPS) is 17.5. The number of aromatic nitrogens is 2. The van der Waals surface area contributed by atoms with Gasteiger partial charge in [0.25, 0.3) is 5.91 Å². The van der Waals surface area contributed by atoms with E-state index in [0.29, 0.717) is 26.8 Å². The fraction of sp³-hybridized carbons (Fsp3) is 0.176. The van der Waals surface area contributed by atoms with Crippen LogP contribution < -0.4 is 5.43 Å². The molecule has 1 aromatic heterocycles. The number of amides is 1. The van der Waals surface area contributed by atoms with Crippen LogP contribution in [0.2, 0.25) is 5.02 Å². The number of benzene rings is 1. The number of aryl methyl sites for hydroxylation is 1. The van der Waals surface area contributed by atoms with Crippen molar-refractivity contribution in [1.29, 1.82) is 0 Å². The van der Waals surface area contributed by atoms with Crippen molar-refractivity contribution in [2.24, 2.45) is 4.99 Å². The van der Waals surface area contributed by atoms with E-state index in [4.69, 9.17) is 11.6 Å². The summed E-state index contributed by atoms with van der Waals surface area (Å²) < 4.78 is 0. The van der Waals surface area contributed by atoms with Gasteiger partial charge in [-0.3, -0.25) is 4.79 Å². The van der Waals surface area contributed by atoms with Gasteiger partial charge >= 0.3 is 0 Å². The highest BCUT2D eigenvalue weighted by molar-refractivity contribution is 8.18. The highest BCUT2D eigenvalue weighted by atomic mass is 35.5. The molecule has 1 saturated heterocycles. The molecule has 0 unspecified atom stereocenters. The molecule has 1 N–H and O–H groups in total. The number of hydrogen-bond acceptors (Lipinski definition) is 7. The Labute approximate surface area is 164 Å². The summed E-state index contributed by atoms with van der Waals surface area (Å²) in [6, 6.07) is 7.29. The molecule has 2 aromatic rings. The lowest BCUT2D eigenvalue weighted by atomic mass is 10.2. The van der Waals surface area contributed by atoms with Gasteiger partial charge in [0.2, 0.25) is 5.13 Å². The summed E-state index contributed by atoms with van der Waals surface area (Å²) in [7, 11) is 0. The van der Waals surface area contributed by atoms with Crippen LogP contribution in [0.4, 0.5) is 5.13 Å². The molecule has 1 aliphatic heterocycles. The van der Waals surface area contributed by atoms with Gasteiger partial charge in [-0.1, -0.05) is 48.1 Å². The molecule has 1 amide bonds. The van der Waals surface area contributed by atoms with E-state index in [2.05, 4.69) is 27.2 Å². The van der Waals surface area contributed by atoms with E-state index >= 15 is 0 Å². The first-order chi connectivity index (χ1) is 12.6. The van der Waals surface area contributed by atoms with Gasteiger partial charge in [0.05, 0.1) is 4.91 Å². The topological polar surface area (TPSA) is 70.5 Å². The third-order valence-electron chi connectivity index (χ3n) is 3.32. The minimum Gasteiger partial charge on any atom is -0.267 e. The van der Waals surface area contributed by atoms with Crippen molar-refractivity contribution < 1.29 is 4.79 Å². The smallest absolute Gasteiger partial charge is 0.267 e. The quantitative estimate of drug-likeness (QED) is 0.580. The molecule has 1 aromatic carbocycles. The van der Waals surface area contributed by atoms with Crippen molar-refractivity contribution in [2.45, 2.75) is 13.3 Å². The summed E-state index contributed by atoms with van der Waals surface area (Å²) in [6.07, 6.45) is 4.29. The predicted octanol–water partition coefficient (Wildman–Crippen LogP) is 4.05. The van der Waals surface area contributed by atoms with Crippen LogP contribution >= 0.6 is 34.7 Å². The Morgan fingerprint density at radius 1 is 1.35 bits per heavy atom. The molecule has 0 bridgehead atoms. The first-order valence-electron chi connectivity index (χ1n) is 7.85. The van der Waals surface area contributed by atoms with Gasteiger partial charge in [0.1, 0.15) is 5.01 Å². The fourth-order valence-corrected chi connectivity index (χ4v) is 3.84. The second kappa shape index (κ2) is 8.59. The lowest BCUT2D eigenvalue weighted by Crippen LogP contribution is -2.41. The largest absolute Gasteiger partial charge is 0.281 e. The Morgan fingerprint density at radius 3 is 2.77 bits per heavy atom. The van der Waals surface area contributed by atoms with Crippen LogP contribution in [-0.2, 0) is 11.2 Å². The van der Waals surface area contributed by atoms with Crippen molar-refractivity contribution in [3.8, 4) is 0 Å². The van der Waals surface area contributed by atoms with E-state index in [1.54, 1.807) is 18.2 Å². The molecule has 2 heterocycles. The maximum absolute atomic E-state index is 12.7. The summed E-state index contributed by atoms with van der Waals surface area (Å²) >= 11 is 8.61. The summed E-state index contributed by atoms with van der Waals surface area (Å²) in [5.74, 6) is -0.175. The van der Waals surface area contributed by atoms with Crippen molar-refractivity contribution in [1.82, 2.24) is 20.6 Å². The average molecular weight is 406 g/mol. The second-order valence-corrected chi connectivity index (χ2v) is 7.67. The lowest BCUT2D eigenvalue weighted by Gasteiger charge is -2.14. The van der Waals surface area contributed by atoms with Crippen LogP contribution in [0.15, 0.2) is 46.8 Å². The monoisotopic (exact) mass is 405 g/mol. The number of amidine groups is 1. The Balaban J connectivity index is 1.90. The number of carbonyl (C=O) groups excluding carboxylic acids is 1. The van der Waals surface area contributed by atoms with E-state index in [1.807, 2.05) is 25.1 Å². The number of nitrogens with one attached hydrogen (secondary N) is 1. The van der Waals surface area contributed by atoms with Crippen molar-refractivity contribution in [3.05, 3.63) is 57.4 Å². The lowest BCUT2D eigenvalue weighted by molar-refractivity contribution is -0.124. The molecule has 6 nitrogen and oxygen atoms in total. The van der Waals surface area contributed by atoms with Crippen molar-refractivity contribution in [3.63, 3.8) is 0 Å². The summed E-state index contributed by atoms with van der Waals surface area (Å²) in [6.45, 7) is 6.12. The Bertz CT molecular complexity index is 876. The molecule has 9 heteroatoms. The predicted molar refractivity (Wildman–Crippen MR) is 108 cm³/mol. The molecular formula is C17H16ClN5OS2. The zero-order chi connectivity index (χ0) is 18.5. The minimum atomic E-state index is -0.175. The number of nitrogens with zero attached hydrogens (tertiary/aromatic N) is 4. The second-order valence-electron chi connectivity index (χ2n) is 5.18. The van der Waals surface area contributed by atoms with E-state index < -0.39 is 0 Å². The Morgan fingerprint density at radius 2 is 2.12 bits per heavy atom. The SMILES string of the molecule is C=CCNN1C(=O)/C(=C/c2ccc(Cl)cc2)SC1=Nc1nnc(CC)s1. The molecular weight excluding hydrogens is 390 g/mol. The number of thioether (sulfide) groups is 1. The zero-order valence-corrected chi connectivity index (χ0v) is 16.4. The molecule has 0 saturated carbocycles. The molecule has 0 radical (unpaired) electrons. The summed E-state index contributed by atoms with van der Waals surface area (Å²) in [4.78, 5) is 17.8. The number of hydrazine groups is 1. The molecule has 0 atom stereocenters. The molecule has 134 valence electrons. The van der Waals surface area contributed by atoms with Gasteiger partial charge in [-0.15, -0.1) is 16.8 Å². The van der Waals surface area contributed by atoms with Crippen LogP contribution in [0.3, 0.4) is 0 Å². The number of rotatable bonds is 6. The molecule has 0 spiro atoms. The van der Waals surface area contributed by atoms with Gasteiger partial charge in [-0.25, -0.2) is 10.4 Å². The van der Waals surface area contributed by atoms with Crippen LogP contribution in [0.5, 0.6) is 0 Å². The Hall–Kier alpha value is -2.00. The third kappa shape index (κ3) is 4.39. The van der Waals surface area contributed by atoms with Crippen molar-refractivity contribution >= 4 is 57.0 Å². The van der Waals surface area contributed by atoms with Gasteiger partial charge in [-0.05, 0) is 42.0 Å². The molecule has 3 rings (SSSR count). The van der Waals surface area contributed by atoms with Gasteiger partial charge in [-0.2, -0.15) is 4.99 Å². The van der Waals surface area contributed by atoms with Crippen LogP contribution in [0.25, 0.3) is 6.08 Å². The minimum absolute atomic E-state index is 0.175. The van der Waals surface area contributed by atoms with Gasteiger partial charge in [0.15, 0.2) is 5.17 Å². The highest BCUT2D eigenvalue weighted by Crippen LogP contribution is 2.33. The van der Waals surface area contributed by atoms with Gasteiger partial charge in [0, 0.05) is 11.6 Å². The number of hydrogen-bond donors (Lipinski definition) is 1. The van der Waals surface area contributed by atoms with E-state index in [-0.39, 0.29) is 5.91 Å². The molecule has 1 fully saturated rings. The number of aliphatic imine (C=N–C) groups is 1. The van der Waals surface area contributed by atoms with Crippen LogP contribution in [0, 0.1) is 0 Å². The average Bonchev–Trinajstić information content (AvgIpc) is 3.21. The van der Waals surface area contributed by atoms with Crippen LogP contribution in [-0.4, -0.2) is 32.8 Å². The Kier molecular flexibility index (Phi) is 6.20. The standard InChI is InChI=1S/C17H16ClN5OS2/c1-3-9-19-23-15(24)13(10-11-5-7-12(18)8-6-11)25-17(23)20-16-22-21-14(4-2)26-16/h3,5-8,10,19H,1,4,9H2,2H3/b13-10-,20-17?. The van der Waals surface area contributed by atoms with E-state index in [9.17, 15) is 4.79 Å². The summed E-state index contributed by atoms with van der Waals surface area (Å²) in [5.41, 5.74) is 3.89. The first-order valence-corrected chi connectivity index (χ1v) is 9.87. The van der Waals surface area contributed by atoms with Gasteiger partial charge < -0.3 is 0 Å². The number of halogens is 1. The highest BCUT2D eigenvalue weighted by Gasteiger charge is 2.33. The zero-order valence-electron chi connectivity index (χ0n) is 14.0. The fourth-order valence-electron chi connectivity index (χ4n) is 2.07. The molecule has 26 heavy (non-hydrogen) atoms. The molecule has 1 aliphatic rings. The van der Waals surface area contributed by atoms with Crippen molar-refractivity contribution in [2.75, 3.05) is 6.54 Å². The maximum Gasteiger partial charge on any atom is 0.281 e. The molecule has 0 aliphatic carbocycles. The maximum atomic E-state index is 12.7.